The number of unbranched alkanes of at least 4 members (excludes halogenated alkanes) is 1. The van der Waals surface area contributed by atoms with Crippen molar-refractivity contribution in [2.24, 2.45) is 52.1 Å². The monoisotopic (exact) mass is 585 g/mol. The summed E-state index contributed by atoms with van der Waals surface area (Å²) in [5.74, 6) is 5.50. The van der Waals surface area contributed by atoms with E-state index >= 15 is 0 Å². The number of nitrogens with one attached hydrogen (secondary N) is 3. The number of hydrogen-bond acceptors (Lipinski definition) is 4. The molecule has 4 aliphatic carbocycles. The van der Waals surface area contributed by atoms with E-state index in [2.05, 4.69) is 56.6 Å². The Morgan fingerprint density at radius 1 is 1.02 bits per heavy atom. The normalized spacial score (nSPS) is 35.8. The molecule has 0 aromatic heterocycles. The lowest BCUT2D eigenvalue weighted by molar-refractivity contribution is -0.121. The summed E-state index contributed by atoms with van der Waals surface area (Å²) in [4.78, 5) is 12.1. The van der Waals surface area contributed by atoms with Crippen LogP contribution in [0.2, 0.25) is 0 Å². The highest BCUT2D eigenvalue weighted by atomic mass is 16.1. The van der Waals surface area contributed by atoms with Gasteiger partial charge in [-0.05, 0) is 130 Å². The molecule has 0 saturated heterocycles. The third-order valence-electron chi connectivity index (χ3n) is 12.8. The minimum Gasteiger partial charge on any atom is -0.356 e. The Hall–Kier alpha value is -0.910. The van der Waals surface area contributed by atoms with Gasteiger partial charge < -0.3 is 21.7 Å². The minimum atomic E-state index is 0.153. The Labute approximate surface area is 259 Å². The highest BCUT2D eigenvalue weighted by Gasteiger charge is 2.59. The zero-order valence-corrected chi connectivity index (χ0v) is 28.2. The van der Waals surface area contributed by atoms with Crippen LogP contribution in [0.1, 0.15) is 131 Å². The van der Waals surface area contributed by atoms with Crippen molar-refractivity contribution in [3.63, 3.8) is 0 Å². The maximum Gasteiger partial charge on any atom is 0.221 e. The first-order chi connectivity index (χ1) is 20.2. The quantitative estimate of drug-likeness (QED) is 0.108. The summed E-state index contributed by atoms with van der Waals surface area (Å²) in [7, 11) is 0. The van der Waals surface area contributed by atoms with Gasteiger partial charge in [-0.15, -0.1) is 0 Å². The minimum absolute atomic E-state index is 0.153. The van der Waals surface area contributed by atoms with Gasteiger partial charge in [-0.2, -0.15) is 0 Å². The van der Waals surface area contributed by atoms with Crippen LogP contribution in [0.5, 0.6) is 0 Å². The third-order valence-corrected chi connectivity index (χ3v) is 12.8. The molecule has 0 aromatic rings. The first-order valence-corrected chi connectivity index (χ1v) is 18.3. The van der Waals surface area contributed by atoms with Crippen molar-refractivity contribution in [1.29, 1.82) is 0 Å². The smallest absolute Gasteiger partial charge is 0.221 e. The van der Waals surface area contributed by atoms with Crippen molar-refractivity contribution in [3.05, 3.63) is 11.6 Å². The van der Waals surface area contributed by atoms with Crippen LogP contribution in [0.15, 0.2) is 11.6 Å². The maximum absolute atomic E-state index is 12.1. The van der Waals surface area contributed by atoms with E-state index in [4.69, 9.17) is 5.73 Å². The number of allylic oxidation sites excluding steroid dienone is 1. The van der Waals surface area contributed by atoms with E-state index in [1.165, 1.54) is 77.0 Å². The van der Waals surface area contributed by atoms with Gasteiger partial charge in [0.25, 0.3) is 0 Å². The lowest BCUT2D eigenvalue weighted by Gasteiger charge is -2.59. The molecule has 4 rings (SSSR count). The molecule has 0 aromatic carbocycles. The Morgan fingerprint density at radius 2 is 1.86 bits per heavy atom. The van der Waals surface area contributed by atoms with E-state index in [0.717, 1.165) is 74.5 Å². The van der Waals surface area contributed by atoms with Crippen molar-refractivity contribution >= 4 is 5.91 Å². The van der Waals surface area contributed by atoms with E-state index in [1.54, 1.807) is 5.57 Å². The molecule has 3 fully saturated rings. The van der Waals surface area contributed by atoms with Gasteiger partial charge in [0.2, 0.25) is 5.91 Å². The second-order valence-corrected chi connectivity index (χ2v) is 15.7. The maximum atomic E-state index is 12.1. The summed E-state index contributed by atoms with van der Waals surface area (Å²) in [5.41, 5.74) is 8.31. The standard InChI is InChI=1S/C37H68N4O/c1-6-28-26-37(5)30(25-34(28)40-22-10-23-41-35(42)18-24-39-21-9-20-38)13-15-31-32-16-14-29(12-8-7-11-27(2)3)36(32,4)19-17-33(31)37/h13,27-29,31-34,39-40H,6-12,14-26,38H2,1-5H3,(H,41,42). The number of amides is 1. The Balaban J connectivity index is 1.26. The number of rotatable bonds is 17. The lowest BCUT2D eigenvalue weighted by atomic mass is 9.46. The van der Waals surface area contributed by atoms with E-state index in [1.807, 2.05) is 0 Å². The van der Waals surface area contributed by atoms with Crippen LogP contribution in [-0.4, -0.2) is 44.7 Å². The summed E-state index contributed by atoms with van der Waals surface area (Å²) in [6.07, 6.45) is 22.2. The fraction of sp³-hybridized carbons (Fsp3) is 0.919. The van der Waals surface area contributed by atoms with Gasteiger partial charge in [0.15, 0.2) is 0 Å². The van der Waals surface area contributed by atoms with Gasteiger partial charge in [-0.1, -0.05) is 72.0 Å². The predicted octanol–water partition coefficient (Wildman–Crippen LogP) is 7.21. The third kappa shape index (κ3) is 8.02. The van der Waals surface area contributed by atoms with E-state index in [9.17, 15) is 4.79 Å². The number of hydrogen-bond donors (Lipinski definition) is 4. The highest BCUT2D eigenvalue weighted by molar-refractivity contribution is 5.75. The van der Waals surface area contributed by atoms with E-state index < -0.39 is 0 Å². The molecular formula is C37H68N4O. The average molecular weight is 585 g/mol. The molecule has 0 bridgehead atoms. The number of carbonyl (C=O) groups excluding carboxylic acids is 1. The molecule has 5 heteroatoms. The van der Waals surface area contributed by atoms with Crippen molar-refractivity contribution in [2.45, 2.75) is 137 Å². The Bertz CT molecular complexity index is 872. The van der Waals surface area contributed by atoms with Crippen LogP contribution in [0.4, 0.5) is 0 Å². The van der Waals surface area contributed by atoms with Gasteiger partial charge in [0, 0.05) is 25.6 Å². The fourth-order valence-corrected chi connectivity index (χ4v) is 10.3. The molecule has 0 spiro atoms. The molecule has 0 heterocycles. The first kappa shape index (κ1) is 34.0. The van der Waals surface area contributed by atoms with Crippen LogP contribution in [0, 0.1) is 46.3 Å². The van der Waals surface area contributed by atoms with Crippen LogP contribution in [-0.2, 0) is 4.79 Å². The summed E-state index contributed by atoms with van der Waals surface area (Å²) in [6, 6.07) is 0.587. The van der Waals surface area contributed by atoms with Crippen molar-refractivity contribution in [1.82, 2.24) is 16.0 Å². The van der Waals surface area contributed by atoms with Gasteiger partial charge in [0.1, 0.15) is 0 Å². The summed E-state index contributed by atoms with van der Waals surface area (Å²) >= 11 is 0. The molecule has 0 radical (unpaired) electrons. The van der Waals surface area contributed by atoms with Crippen molar-refractivity contribution in [3.8, 4) is 0 Å². The molecule has 1 amide bonds. The zero-order valence-electron chi connectivity index (χ0n) is 28.2. The fourth-order valence-electron chi connectivity index (χ4n) is 10.3. The topological polar surface area (TPSA) is 79.2 Å². The molecule has 42 heavy (non-hydrogen) atoms. The average Bonchev–Trinajstić information content (AvgIpc) is 3.30. The molecule has 5 nitrogen and oxygen atoms in total. The van der Waals surface area contributed by atoms with Crippen molar-refractivity contribution in [2.75, 3.05) is 32.7 Å². The molecule has 0 aliphatic heterocycles. The van der Waals surface area contributed by atoms with Crippen LogP contribution in [0.25, 0.3) is 0 Å². The molecule has 4 aliphatic rings. The van der Waals surface area contributed by atoms with Gasteiger partial charge in [-0.25, -0.2) is 0 Å². The predicted molar refractivity (Wildman–Crippen MR) is 178 cm³/mol. The van der Waals surface area contributed by atoms with Gasteiger partial charge in [-0.3, -0.25) is 4.79 Å². The first-order valence-electron chi connectivity index (χ1n) is 18.3. The molecule has 8 atom stereocenters. The SMILES string of the molecule is CCC1CC2(C)C(=CCC3C2CCC2(C)C(CCCCC(C)C)CCC32)CC1NCCCNC(=O)CCNCCCN. The second kappa shape index (κ2) is 15.9. The lowest BCUT2D eigenvalue weighted by Crippen LogP contribution is -2.53. The molecular weight excluding hydrogens is 516 g/mol. The summed E-state index contributed by atoms with van der Waals surface area (Å²) in [6.45, 7) is 16.6. The Kier molecular flexibility index (Phi) is 12.9. The van der Waals surface area contributed by atoms with Crippen molar-refractivity contribution < 1.29 is 4.79 Å². The molecule has 5 N–H and O–H groups in total. The second-order valence-electron chi connectivity index (χ2n) is 15.7. The van der Waals surface area contributed by atoms with Crippen LogP contribution in [0.3, 0.4) is 0 Å². The molecule has 242 valence electrons. The van der Waals surface area contributed by atoms with Gasteiger partial charge >= 0.3 is 0 Å². The molecule has 3 saturated carbocycles. The van der Waals surface area contributed by atoms with Crippen LogP contribution >= 0.6 is 0 Å². The van der Waals surface area contributed by atoms with Crippen LogP contribution < -0.4 is 21.7 Å². The van der Waals surface area contributed by atoms with E-state index in [-0.39, 0.29) is 5.91 Å². The van der Waals surface area contributed by atoms with Gasteiger partial charge in [0.05, 0.1) is 0 Å². The number of fused-ring (bicyclic) bond motifs is 5. The number of nitrogens with two attached hydrogens (primary N) is 1. The summed E-state index contributed by atoms with van der Waals surface area (Å²) < 4.78 is 0. The van der Waals surface area contributed by atoms with E-state index in [0.29, 0.717) is 29.8 Å². The largest absolute Gasteiger partial charge is 0.356 e. The molecule has 8 unspecified atom stereocenters. The Morgan fingerprint density at radius 3 is 2.62 bits per heavy atom. The zero-order chi connectivity index (χ0) is 30.2. The number of carbonyl (C=O) groups is 1. The summed E-state index contributed by atoms with van der Waals surface area (Å²) in [5, 5.41) is 10.3. The highest BCUT2D eigenvalue weighted by Crippen LogP contribution is 2.67.